The second-order valence-electron chi connectivity index (χ2n) is 9.63. The van der Waals surface area contributed by atoms with E-state index in [0.717, 1.165) is 59.5 Å². The number of esters is 1. The van der Waals surface area contributed by atoms with Crippen LogP contribution in [-0.2, 0) is 20.7 Å². The molecule has 1 aliphatic heterocycles. The van der Waals surface area contributed by atoms with E-state index in [-0.39, 0.29) is 18.7 Å². The molecule has 3 atom stereocenters. The molecule has 3 rings (SSSR count). The highest BCUT2D eigenvalue weighted by Crippen LogP contribution is 2.29. The molecule has 0 radical (unpaired) electrons. The second-order valence-corrected chi connectivity index (χ2v) is 10.0. The number of aliphatic hydroxyl groups is 1. The number of aliphatic hydroxyl groups excluding tert-OH is 1. The molecule has 0 amide bonds. The van der Waals surface area contributed by atoms with Gasteiger partial charge in [0.05, 0.1) is 25.4 Å². The largest absolute Gasteiger partial charge is 0.463 e. The number of rotatable bonds is 12. The van der Waals surface area contributed by atoms with E-state index in [1.54, 1.807) is 13.0 Å². The van der Waals surface area contributed by atoms with Crippen LogP contribution in [0.15, 0.2) is 42.5 Å². The highest BCUT2D eigenvalue weighted by atomic mass is 35.5. The molecule has 2 aromatic carbocycles. The van der Waals surface area contributed by atoms with Crippen LogP contribution in [0.1, 0.15) is 67.0 Å². The van der Waals surface area contributed by atoms with Crippen LogP contribution in [0.5, 0.6) is 0 Å². The monoisotopic (exact) mass is 513 g/mol. The molecule has 0 unspecified atom stereocenters. The third-order valence-electron chi connectivity index (χ3n) is 6.89. The van der Waals surface area contributed by atoms with E-state index in [1.807, 2.05) is 32.0 Å². The number of carbonyl (C=O) groups excluding carboxylic acids is 1. The maximum absolute atomic E-state index is 11.8. The molecule has 196 valence electrons. The lowest BCUT2D eigenvalue weighted by atomic mass is 9.96. The average Bonchev–Trinajstić information content (AvgIpc) is 3.27. The molecule has 0 spiro atoms. The van der Waals surface area contributed by atoms with Crippen molar-refractivity contribution < 1.29 is 19.4 Å². The molecular formula is C30H40ClNO4. The summed E-state index contributed by atoms with van der Waals surface area (Å²) in [5, 5.41) is 11.7. The van der Waals surface area contributed by atoms with Gasteiger partial charge in [-0.25, -0.2) is 4.79 Å². The molecule has 0 aromatic heterocycles. The summed E-state index contributed by atoms with van der Waals surface area (Å²) in [7, 11) is 0. The number of hydrogen-bond acceptors (Lipinski definition) is 5. The quantitative estimate of drug-likeness (QED) is 0.276. The first-order valence-corrected chi connectivity index (χ1v) is 13.4. The van der Waals surface area contributed by atoms with Crippen molar-refractivity contribution in [3.63, 3.8) is 0 Å². The number of ether oxygens (including phenoxy) is 2. The molecule has 1 N–H and O–H groups in total. The van der Waals surface area contributed by atoms with Crippen molar-refractivity contribution in [1.82, 2.24) is 4.90 Å². The summed E-state index contributed by atoms with van der Waals surface area (Å²) in [6.07, 6.45) is 6.46. The van der Waals surface area contributed by atoms with Gasteiger partial charge in [-0.2, -0.15) is 0 Å². The lowest BCUT2D eigenvalue weighted by Gasteiger charge is -2.28. The van der Waals surface area contributed by atoms with Gasteiger partial charge in [0.15, 0.2) is 0 Å². The van der Waals surface area contributed by atoms with Crippen LogP contribution < -0.4 is 0 Å². The molecule has 1 saturated heterocycles. The fraction of sp³-hybridized carbons (Fsp3) is 0.500. The van der Waals surface area contributed by atoms with Crippen molar-refractivity contribution >= 4 is 23.6 Å². The molecule has 6 heteroatoms. The molecule has 0 saturated carbocycles. The smallest absolute Gasteiger partial charge is 0.330 e. The van der Waals surface area contributed by atoms with Gasteiger partial charge in [-0.3, -0.25) is 4.90 Å². The molecule has 1 fully saturated rings. The van der Waals surface area contributed by atoms with E-state index < -0.39 is 6.10 Å². The topological polar surface area (TPSA) is 59.0 Å². The molecule has 2 aromatic rings. The van der Waals surface area contributed by atoms with Crippen LogP contribution in [0.3, 0.4) is 0 Å². The van der Waals surface area contributed by atoms with E-state index in [2.05, 4.69) is 30.0 Å². The Bertz CT molecular complexity index is 1040. The standard InChI is InChI=1S/C30H40ClNO4/c1-5-29(27-11-7-9-21(3)26(27)14-15-30(34)35-6-2)36-20-25(33)19-32-16-8-10-24(32)17-23-13-12-22(4)28(31)18-23/h7,9,11-15,18,24-25,29,33H,5-6,8,10,16-17,19-20H2,1-4H3/b15-14+/t24-,25+,29+/m0/s1. The predicted octanol–water partition coefficient (Wildman–Crippen LogP) is 6.07. The normalized spacial score (nSPS) is 18.0. The van der Waals surface area contributed by atoms with Crippen LogP contribution in [0.2, 0.25) is 5.02 Å². The Morgan fingerprint density at radius 3 is 2.75 bits per heavy atom. The van der Waals surface area contributed by atoms with Gasteiger partial charge in [-0.15, -0.1) is 0 Å². The number of aryl methyl sites for hydroxylation is 2. The number of likely N-dealkylation sites (tertiary alicyclic amines) is 1. The first-order chi connectivity index (χ1) is 17.3. The number of halogens is 1. The van der Waals surface area contributed by atoms with Crippen LogP contribution in [0, 0.1) is 13.8 Å². The van der Waals surface area contributed by atoms with E-state index in [0.29, 0.717) is 19.2 Å². The Morgan fingerprint density at radius 2 is 2.03 bits per heavy atom. The molecule has 36 heavy (non-hydrogen) atoms. The summed E-state index contributed by atoms with van der Waals surface area (Å²) in [5.41, 5.74) is 5.37. The summed E-state index contributed by atoms with van der Waals surface area (Å²) in [6, 6.07) is 12.7. The van der Waals surface area contributed by atoms with Gasteiger partial charge < -0.3 is 14.6 Å². The van der Waals surface area contributed by atoms with E-state index in [4.69, 9.17) is 21.1 Å². The highest BCUT2D eigenvalue weighted by Gasteiger charge is 2.27. The Balaban J connectivity index is 1.60. The van der Waals surface area contributed by atoms with Gasteiger partial charge in [0, 0.05) is 23.7 Å². The molecule has 0 bridgehead atoms. The van der Waals surface area contributed by atoms with Gasteiger partial charge in [0.2, 0.25) is 0 Å². The SMILES string of the molecule is CCOC(=O)/C=C/c1c(C)cccc1[C@@H](CC)OC[C@H](O)CN1CCC[C@H]1Cc1ccc(C)c(Cl)c1. The van der Waals surface area contributed by atoms with Crippen molar-refractivity contribution in [2.45, 2.75) is 71.6 Å². The zero-order valence-corrected chi connectivity index (χ0v) is 22.8. The van der Waals surface area contributed by atoms with E-state index in [9.17, 15) is 9.90 Å². The van der Waals surface area contributed by atoms with Gasteiger partial charge in [0.1, 0.15) is 0 Å². The van der Waals surface area contributed by atoms with Crippen LogP contribution >= 0.6 is 11.6 Å². The van der Waals surface area contributed by atoms with Gasteiger partial charge in [-0.1, -0.05) is 48.9 Å². The first kappa shape index (κ1) is 28.4. The van der Waals surface area contributed by atoms with Crippen LogP contribution in [0.4, 0.5) is 0 Å². The summed E-state index contributed by atoms with van der Waals surface area (Å²) >= 11 is 6.33. The third-order valence-corrected chi connectivity index (χ3v) is 7.30. The van der Waals surface area contributed by atoms with Crippen LogP contribution in [-0.4, -0.2) is 54.4 Å². The fourth-order valence-electron chi connectivity index (χ4n) is 4.93. The number of β-amino-alcohol motifs (C(OH)–C–C–N with tert-alkyl or cyclic N) is 1. The summed E-state index contributed by atoms with van der Waals surface area (Å²) in [5.74, 6) is -0.357. The lowest BCUT2D eigenvalue weighted by Crippen LogP contribution is -2.39. The minimum absolute atomic E-state index is 0.175. The number of nitrogens with zero attached hydrogens (tertiary/aromatic N) is 1. The summed E-state index contributed by atoms with van der Waals surface area (Å²) < 4.78 is 11.3. The molecule has 1 heterocycles. The zero-order chi connectivity index (χ0) is 26.1. The second kappa shape index (κ2) is 13.9. The minimum Gasteiger partial charge on any atom is -0.463 e. The van der Waals surface area contributed by atoms with Crippen molar-refractivity contribution in [3.05, 3.63) is 75.3 Å². The number of benzene rings is 2. The van der Waals surface area contributed by atoms with Crippen molar-refractivity contribution in [2.24, 2.45) is 0 Å². The van der Waals surface area contributed by atoms with Crippen molar-refractivity contribution in [3.8, 4) is 0 Å². The molecule has 0 aliphatic carbocycles. The Labute approximate surface area is 221 Å². The fourth-order valence-corrected chi connectivity index (χ4v) is 5.14. The van der Waals surface area contributed by atoms with Crippen LogP contribution in [0.25, 0.3) is 6.08 Å². The van der Waals surface area contributed by atoms with Gasteiger partial charge in [-0.05, 0) is 93.0 Å². The maximum atomic E-state index is 11.8. The number of carbonyl (C=O) groups is 1. The number of hydrogen-bond donors (Lipinski definition) is 1. The maximum Gasteiger partial charge on any atom is 0.330 e. The van der Waals surface area contributed by atoms with Gasteiger partial charge >= 0.3 is 5.97 Å². The first-order valence-electron chi connectivity index (χ1n) is 13.0. The third kappa shape index (κ3) is 7.91. The Morgan fingerprint density at radius 1 is 1.22 bits per heavy atom. The zero-order valence-electron chi connectivity index (χ0n) is 22.0. The lowest BCUT2D eigenvalue weighted by molar-refractivity contribution is -0.137. The Hall–Kier alpha value is -2.18. The van der Waals surface area contributed by atoms with Crippen molar-refractivity contribution in [2.75, 3.05) is 26.3 Å². The average molecular weight is 514 g/mol. The van der Waals surface area contributed by atoms with E-state index >= 15 is 0 Å². The predicted molar refractivity (Wildman–Crippen MR) is 146 cm³/mol. The summed E-state index contributed by atoms with van der Waals surface area (Å²) in [6.45, 7) is 10.1. The van der Waals surface area contributed by atoms with E-state index in [1.165, 1.54) is 11.6 Å². The minimum atomic E-state index is -0.579. The summed E-state index contributed by atoms with van der Waals surface area (Å²) in [4.78, 5) is 14.2. The van der Waals surface area contributed by atoms with Gasteiger partial charge in [0.25, 0.3) is 0 Å². The molecule has 5 nitrogen and oxygen atoms in total. The highest BCUT2D eigenvalue weighted by molar-refractivity contribution is 6.31. The molecule has 1 aliphatic rings. The van der Waals surface area contributed by atoms with Crippen molar-refractivity contribution in [1.29, 1.82) is 0 Å². The molecular weight excluding hydrogens is 474 g/mol. The Kier molecular flexibility index (Phi) is 11.0.